The predicted molar refractivity (Wildman–Crippen MR) is 27.3 cm³/mol. The summed E-state index contributed by atoms with van der Waals surface area (Å²) in [4.78, 5) is 21.6. The Morgan fingerprint density at radius 1 is 0.900 bits per heavy atom. The van der Waals surface area contributed by atoms with Gasteiger partial charge in [-0.1, -0.05) is 0 Å². The Hall–Kier alpha value is 3.26. The Balaban J connectivity index is -0.00000000381. The van der Waals surface area contributed by atoms with Crippen molar-refractivity contribution in [3.05, 3.63) is 0 Å². The summed E-state index contributed by atoms with van der Waals surface area (Å²) in [5, 5.41) is 0. The molecule has 0 rings (SSSR count). The van der Waals surface area contributed by atoms with Gasteiger partial charge in [0.05, 0.1) is 0 Å². The van der Waals surface area contributed by atoms with Crippen molar-refractivity contribution >= 4 is 7.82 Å². The van der Waals surface area contributed by atoms with E-state index in [1.807, 2.05) is 0 Å². The van der Waals surface area contributed by atoms with E-state index in [9.17, 15) is 0 Å². The summed E-state index contributed by atoms with van der Waals surface area (Å²) in [6, 6.07) is 0. The molecule has 10 heteroatoms. The molecule has 0 aliphatic rings. The standard InChI is InChI=1S/2K.H3O4P.3H2O.2H/c;;1-5(2,3)4;;;;;/h;;(H3,1,2,3,4);3*1H2;;/q2*+1;;;;;2*-1. The van der Waals surface area contributed by atoms with Crippen LogP contribution in [0.1, 0.15) is 2.85 Å². The van der Waals surface area contributed by atoms with Crippen molar-refractivity contribution in [3.63, 3.8) is 0 Å². The molecule has 60 valence electrons. The molecule has 7 nitrogen and oxygen atoms in total. The van der Waals surface area contributed by atoms with E-state index in [0.717, 1.165) is 0 Å². The van der Waals surface area contributed by atoms with Gasteiger partial charge in [0.1, 0.15) is 0 Å². The molecule has 0 fully saturated rings. The molecule has 0 atom stereocenters. The molecule has 0 saturated heterocycles. The summed E-state index contributed by atoms with van der Waals surface area (Å²) in [6.45, 7) is 0. The van der Waals surface area contributed by atoms with Crippen molar-refractivity contribution < 1.29 is 141 Å². The molecule has 0 aromatic rings. The van der Waals surface area contributed by atoms with Gasteiger partial charge in [0.2, 0.25) is 0 Å². The van der Waals surface area contributed by atoms with E-state index >= 15 is 0 Å². The Bertz CT molecular complexity index is 65.5. The van der Waals surface area contributed by atoms with Crippen molar-refractivity contribution in [2.75, 3.05) is 0 Å². The first kappa shape index (κ1) is 37.8. The van der Waals surface area contributed by atoms with Gasteiger partial charge in [0.15, 0.2) is 0 Å². The quantitative estimate of drug-likeness (QED) is 0.278. The molecular weight excluding hydrogens is 221 g/mol. The number of rotatable bonds is 0. The van der Waals surface area contributed by atoms with Crippen LogP contribution in [0, 0.1) is 0 Å². The monoisotopic (exact) mass is 232 g/mol. The van der Waals surface area contributed by atoms with Crippen LogP contribution in [0.15, 0.2) is 0 Å². The summed E-state index contributed by atoms with van der Waals surface area (Å²) in [5.41, 5.74) is 0. The fourth-order valence-electron chi connectivity index (χ4n) is 0. The fourth-order valence-corrected chi connectivity index (χ4v) is 0. The SMILES string of the molecule is O.O.O.O=P(O)(O)O.[H-].[H-].[K+].[K+]. The molecule has 0 amide bonds. The Morgan fingerprint density at radius 2 is 0.900 bits per heavy atom. The number of hydrogen-bond acceptors (Lipinski definition) is 1. The maximum Gasteiger partial charge on any atom is 1.00 e. The zero-order valence-electron chi connectivity index (χ0n) is 7.70. The van der Waals surface area contributed by atoms with Crippen molar-refractivity contribution in [2.24, 2.45) is 0 Å². The third-order valence-corrected chi connectivity index (χ3v) is 0. The topological polar surface area (TPSA) is 172 Å². The van der Waals surface area contributed by atoms with Gasteiger partial charge < -0.3 is 34.0 Å². The van der Waals surface area contributed by atoms with Crippen LogP contribution in [0.2, 0.25) is 0 Å². The van der Waals surface area contributed by atoms with Gasteiger partial charge in [-0.3, -0.25) is 0 Å². The molecule has 0 bridgehead atoms. The van der Waals surface area contributed by atoms with E-state index in [1.54, 1.807) is 0 Å². The van der Waals surface area contributed by atoms with Gasteiger partial charge in [-0.15, -0.1) is 0 Å². The van der Waals surface area contributed by atoms with Gasteiger partial charge in [-0.2, -0.15) is 0 Å². The smallest absolute Gasteiger partial charge is 1.00 e. The molecule has 0 heterocycles. The minimum Gasteiger partial charge on any atom is -1.00 e. The molecule has 0 saturated carbocycles. The van der Waals surface area contributed by atoms with Gasteiger partial charge in [0.25, 0.3) is 0 Å². The molecule has 0 unspecified atom stereocenters. The molecule has 0 radical (unpaired) electrons. The molecule has 0 aliphatic carbocycles. The van der Waals surface area contributed by atoms with Gasteiger partial charge in [0, 0.05) is 0 Å². The largest absolute Gasteiger partial charge is 1.00 e. The third kappa shape index (κ3) is 111. The molecule has 0 aromatic carbocycles. The Morgan fingerprint density at radius 3 is 0.900 bits per heavy atom. The van der Waals surface area contributed by atoms with E-state index in [1.165, 1.54) is 0 Å². The van der Waals surface area contributed by atoms with E-state index in [0.29, 0.717) is 0 Å². The summed E-state index contributed by atoms with van der Waals surface area (Å²) < 4.78 is 8.88. The summed E-state index contributed by atoms with van der Waals surface area (Å²) in [5.74, 6) is 0. The van der Waals surface area contributed by atoms with Crippen molar-refractivity contribution in [3.8, 4) is 0 Å². The van der Waals surface area contributed by atoms with Crippen LogP contribution < -0.4 is 103 Å². The summed E-state index contributed by atoms with van der Waals surface area (Å²) in [7, 11) is -4.64. The second kappa shape index (κ2) is 18.1. The van der Waals surface area contributed by atoms with Gasteiger partial charge in [-0.25, -0.2) is 4.57 Å². The van der Waals surface area contributed by atoms with Crippen molar-refractivity contribution in [1.29, 1.82) is 0 Å². The van der Waals surface area contributed by atoms with Gasteiger partial charge in [-0.05, 0) is 0 Å². The Labute approximate surface area is 146 Å². The van der Waals surface area contributed by atoms with Crippen molar-refractivity contribution in [2.45, 2.75) is 0 Å². The average molecular weight is 232 g/mol. The van der Waals surface area contributed by atoms with Crippen LogP contribution in [0.4, 0.5) is 0 Å². The summed E-state index contributed by atoms with van der Waals surface area (Å²) >= 11 is 0. The normalized spacial score (nSPS) is 5.90. The molecule has 9 N–H and O–H groups in total. The van der Waals surface area contributed by atoms with E-state index in [2.05, 4.69) is 0 Å². The van der Waals surface area contributed by atoms with Crippen LogP contribution >= 0.6 is 7.82 Å². The predicted octanol–water partition coefficient (Wildman–Crippen LogP) is -9.17. The van der Waals surface area contributed by atoms with Crippen LogP contribution in [0.5, 0.6) is 0 Å². The van der Waals surface area contributed by atoms with Gasteiger partial charge >= 0.3 is 111 Å². The second-order valence-electron chi connectivity index (χ2n) is 0.513. The second-order valence-corrected chi connectivity index (χ2v) is 1.54. The molecule has 0 aliphatic heterocycles. The maximum atomic E-state index is 8.88. The molecule has 0 aromatic heterocycles. The maximum absolute atomic E-state index is 8.88. The zero-order chi connectivity index (χ0) is 4.50. The summed E-state index contributed by atoms with van der Waals surface area (Å²) in [6.07, 6.45) is 0. The van der Waals surface area contributed by atoms with Crippen LogP contribution in [0.25, 0.3) is 0 Å². The average Bonchev–Trinajstić information content (AvgIpc) is 0.722. The minimum atomic E-state index is -4.64. The first-order chi connectivity index (χ1) is 2.00. The van der Waals surface area contributed by atoms with Crippen LogP contribution in [-0.4, -0.2) is 31.1 Å². The number of hydrogen-bond donors (Lipinski definition) is 3. The number of phosphoric acid groups is 1. The van der Waals surface area contributed by atoms with Crippen molar-refractivity contribution in [1.82, 2.24) is 0 Å². The minimum absolute atomic E-state index is 0. The molecule has 10 heavy (non-hydrogen) atoms. The van der Waals surface area contributed by atoms with Crippen LogP contribution in [0.3, 0.4) is 0 Å². The molecule has 0 spiro atoms. The first-order valence-electron chi connectivity index (χ1n) is 0.783. The first-order valence-corrected chi connectivity index (χ1v) is 2.35. The fraction of sp³-hybridized carbons (Fsp3) is 0. The zero-order valence-corrected chi connectivity index (χ0v) is 12.8. The van der Waals surface area contributed by atoms with Crippen LogP contribution in [-0.2, 0) is 4.57 Å². The molecular formula is H11K2O7P. The van der Waals surface area contributed by atoms with E-state index in [4.69, 9.17) is 19.2 Å². The van der Waals surface area contributed by atoms with E-state index < -0.39 is 7.82 Å². The third-order valence-electron chi connectivity index (χ3n) is 0. The van der Waals surface area contributed by atoms with E-state index in [-0.39, 0.29) is 122 Å². The Kier molecular flexibility index (Phi) is 68.5.